The van der Waals surface area contributed by atoms with E-state index in [1.54, 1.807) is 11.8 Å². The summed E-state index contributed by atoms with van der Waals surface area (Å²) in [5.74, 6) is 0.0705. The smallest absolute Gasteiger partial charge is 0.237 e. The summed E-state index contributed by atoms with van der Waals surface area (Å²) in [7, 11) is 0. The molecule has 0 bridgehead atoms. The number of rotatable bonds is 3. The van der Waals surface area contributed by atoms with Gasteiger partial charge in [-0.25, -0.2) is 0 Å². The lowest BCUT2D eigenvalue weighted by molar-refractivity contribution is -0.127. The number of carbonyl (C=O) groups excluding carboxylic acids is 1. The molecule has 1 atom stereocenters. The molecule has 0 aromatic heterocycles. The van der Waals surface area contributed by atoms with Gasteiger partial charge in [-0.1, -0.05) is 0 Å². The Balaban J connectivity index is 2.56. The molecule has 19 heavy (non-hydrogen) atoms. The fourth-order valence-corrected chi connectivity index (χ4v) is 2.96. The summed E-state index contributed by atoms with van der Waals surface area (Å²) in [6.07, 6.45) is 3.66. The van der Waals surface area contributed by atoms with E-state index in [2.05, 4.69) is 16.3 Å². The number of thioether (sulfide) groups is 1. The molecule has 1 fully saturated rings. The van der Waals surface area contributed by atoms with Crippen LogP contribution >= 0.6 is 11.8 Å². The molecule has 5 heteroatoms. The summed E-state index contributed by atoms with van der Waals surface area (Å²) >= 11 is 1.64. The number of nitrogens with one attached hydrogen (secondary N) is 1. The molecule has 108 valence electrons. The van der Waals surface area contributed by atoms with Crippen molar-refractivity contribution in [3.05, 3.63) is 0 Å². The normalized spacial score (nSPS) is 21.5. The van der Waals surface area contributed by atoms with E-state index in [4.69, 9.17) is 0 Å². The Kier molecular flexibility index (Phi) is 5.28. The van der Waals surface area contributed by atoms with Crippen LogP contribution in [0.1, 0.15) is 40.5 Å². The molecule has 1 aliphatic heterocycles. The van der Waals surface area contributed by atoms with Gasteiger partial charge < -0.3 is 5.32 Å². The minimum Gasteiger partial charge on any atom is -0.350 e. The second-order valence-corrected chi connectivity index (χ2v) is 7.45. The van der Waals surface area contributed by atoms with Gasteiger partial charge in [0.1, 0.15) is 4.75 Å². The summed E-state index contributed by atoms with van der Waals surface area (Å²) in [4.78, 5) is 14.3. The molecule has 0 aliphatic carbocycles. The molecule has 1 saturated heterocycles. The fourth-order valence-electron chi connectivity index (χ4n) is 2.27. The Hall–Kier alpha value is -0.730. The van der Waals surface area contributed by atoms with Crippen LogP contribution in [0.2, 0.25) is 0 Å². The van der Waals surface area contributed by atoms with Crippen LogP contribution in [0.15, 0.2) is 0 Å². The van der Waals surface area contributed by atoms with Crippen molar-refractivity contribution in [3.8, 4) is 6.07 Å². The number of hydrogen-bond acceptors (Lipinski definition) is 4. The van der Waals surface area contributed by atoms with E-state index in [1.165, 1.54) is 0 Å². The highest BCUT2D eigenvalue weighted by Crippen LogP contribution is 2.34. The number of nitrogens with zero attached hydrogens (tertiary/aromatic N) is 2. The van der Waals surface area contributed by atoms with E-state index in [0.29, 0.717) is 0 Å². The summed E-state index contributed by atoms with van der Waals surface area (Å²) in [5.41, 5.74) is -0.198. The monoisotopic (exact) mass is 283 g/mol. The van der Waals surface area contributed by atoms with Gasteiger partial charge in [0, 0.05) is 18.6 Å². The Morgan fingerprint density at radius 2 is 1.95 bits per heavy atom. The maximum atomic E-state index is 12.1. The first kappa shape index (κ1) is 16.3. The van der Waals surface area contributed by atoms with Crippen molar-refractivity contribution in [1.82, 2.24) is 10.2 Å². The molecule has 1 heterocycles. The van der Waals surface area contributed by atoms with Crippen LogP contribution in [0.25, 0.3) is 0 Å². The predicted molar refractivity (Wildman–Crippen MR) is 80.0 cm³/mol. The van der Waals surface area contributed by atoms with Crippen molar-refractivity contribution in [1.29, 1.82) is 5.26 Å². The van der Waals surface area contributed by atoms with Crippen LogP contribution in [-0.2, 0) is 4.79 Å². The molecule has 0 radical (unpaired) electrons. The molecular formula is C14H25N3OS. The molecule has 0 aromatic carbocycles. The Bertz CT molecular complexity index is 362. The topological polar surface area (TPSA) is 56.1 Å². The van der Waals surface area contributed by atoms with Crippen LogP contribution in [0, 0.1) is 11.3 Å². The van der Waals surface area contributed by atoms with Gasteiger partial charge in [0.05, 0.1) is 12.1 Å². The highest BCUT2D eigenvalue weighted by molar-refractivity contribution is 8.00. The molecule has 1 aliphatic rings. The minimum absolute atomic E-state index is 0.0705. The van der Waals surface area contributed by atoms with Crippen LogP contribution in [0.3, 0.4) is 0 Å². The van der Waals surface area contributed by atoms with Crippen molar-refractivity contribution in [3.63, 3.8) is 0 Å². The van der Waals surface area contributed by atoms with E-state index >= 15 is 0 Å². The standard InChI is InChI=1S/C14H25N3OS/c1-11(12(18)16-13(2,3)4)17-8-6-14(10-15,19-5)7-9-17/h11H,6-9H2,1-5H3,(H,16,18). The lowest BCUT2D eigenvalue weighted by atomic mass is 9.96. The lowest BCUT2D eigenvalue weighted by Gasteiger charge is -2.39. The summed E-state index contributed by atoms with van der Waals surface area (Å²) in [6.45, 7) is 9.53. The van der Waals surface area contributed by atoms with E-state index in [9.17, 15) is 10.1 Å². The van der Waals surface area contributed by atoms with Crippen molar-refractivity contribution in [2.75, 3.05) is 19.3 Å². The third-order valence-corrected chi connectivity index (χ3v) is 4.91. The Morgan fingerprint density at radius 1 is 1.42 bits per heavy atom. The second-order valence-electron chi connectivity index (χ2n) is 6.26. The SMILES string of the molecule is CSC1(C#N)CCN(C(C)C(=O)NC(C)(C)C)CC1. The van der Waals surface area contributed by atoms with E-state index in [0.717, 1.165) is 25.9 Å². The van der Waals surface area contributed by atoms with Gasteiger partial charge in [-0.2, -0.15) is 5.26 Å². The van der Waals surface area contributed by atoms with E-state index in [-0.39, 0.29) is 22.2 Å². The fraction of sp³-hybridized carbons (Fsp3) is 0.857. The third kappa shape index (κ3) is 4.39. The molecule has 1 rings (SSSR count). The maximum Gasteiger partial charge on any atom is 0.237 e. The summed E-state index contributed by atoms with van der Waals surface area (Å²) in [6, 6.07) is 2.30. The second kappa shape index (κ2) is 6.15. The highest BCUT2D eigenvalue weighted by Gasteiger charge is 2.36. The van der Waals surface area contributed by atoms with Crippen LogP contribution in [0.5, 0.6) is 0 Å². The third-order valence-electron chi connectivity index (χ3n) is 3.63. The van der Waals surface area contributed by atoms with Crippen molar-refractivity contribution in [2.45, 2.75) is 56.9 Å². The Morgan fingerprint density at radius 3 is 2.32 bits per heavy atom. The number of hydrogen-bond donors (Lipinski definition) is 1. The summed E-state index contributed by atoms with van der Waals surface area (Å²) < 4.78 is -0.253. The Labute approximate surface area is 120 Å². The van der Waals surface area contributed by atoms with Crippen molar-refractivity contribution >= 4 is 17.7 Å². The first-order valence-corrected chi connectivity index (χ1v) is 7.98. The van der Waals surface area contributed by atoms with Gasteiger partial charge in [-0.05, 0) is 46.8 Å². The predicted octanol–water partition coefficient (Wildman–Crippen LogP) is 2.01. The molecule has 4 nitrogen and oxygen atoms in total. The van der Waals surface area contributed by atoms with Crippen molar-refractivity contribution in [2.24, 2.45) is 0 Å². The molecule has 1 unspecified atom stereocenters. The molecular weight excluding hydrogens is 258 g/mol. The van der Waals surface area contributed by atoms with Gasteiger partial charge in [-0.15, -0.1) is 11.8 Å². The summed E-state index contributed by atoms with van der Waals surface area (Å²) in [5, 5.41) is 12.3. The number of piperidine rings is 1. The number of likely N-dealkylation sites (tertiary alicyclic amines) is 1. The quantitative estimate of drug-likeness (QED) is 0.861. The zero-order chi connectivity index (χ0) is 14.7. The highest BCUT2D eigenvalue weighted by atomic mass is 32.2. The average Bonchev–Trinajstić information content (AvgIpc) is 2.36. The maximum absolute atomic E-state index is 12.1. The first-order chi connectivity index (χ1) is 8.73. The minimum atomic E-state index is -0.253. The molecule has 1 N–H and O–H groups in total. The van der Waals surface area contributed by atoms with E-state index < -0.39 is 0 Å². The van der Waals surface area contributed by atoms with Gasteiger partial charge in [0.15, 0.2) is 0 Å². The van der Waals surface area contributed by atoms with Crippen LogP contribution in [0.4, 0.5) is 0 Å². The first-order valence-electron chi connectivity index (χ1n) is 6.75. The van der Waals surface area contributed by atoms with Gasteiger partial charge in [0.2, 0.25) is 5.91 Å². The zero-order valence-corrected chi connectivity index (χ0v) is 13.4. The lowest BCUT2D eigenvalue weighted by Crippen LogP contribution is -2.54. The zero-order valence-electron chi connectivity index (χ0n) is 12.6. The average molecular weight is 283 g/mol. The van der Waals surface area contributed by atoms with E-state index in [1.807, 2.05) is 34.0 Å². The van der Waals surface area contributed by atoms with Gasteiger partial charge >= 0.3 is 0 Å². The van der Waals surface area contributed by atoms with Crippen LogP contribution < -0.4 is 5.32 Å². The molecule has 0 aromatic rings. The van der Waals surface area contributed by atoms with Gasteiger partial charge in [0.25, 0.3) is 0 Å². The van der Waals surface area contributed by atoms with Gasteiger partial charge in [-0.3, -0.25) is 9.69 Å². The number of nitriles is 1. The van der Waals surface area contributed by atoms with Crippen LogP contribution in [-0.4, -0.2) is 46.5 Å². The number of amides is 1. The molecule has 1 amide bonds. The molecule has 0 spiro atoms. The number of carbonyl (C=O) groups is 1. The molecule has 0 saturated carbocycles. The largest absolute Gasteiger partial charge is 0.350 e. The van der Waals surface area contributed by atoms with Crippen molar-refractivity contribution < 1.29 is 4.79 Å².